The third kappa shape index (κ3) is 5.98. The minimum atomic E-state index is -0.682. The number of methoxy groups -OCH3 is 1. The van der Waals surface area contributed by atoms with Gasteiger partial charge in [-0.2, -0.15) is 5.10 Å². The summed E-state index contributed by atoms with van der Waals surface area (Å²) in [6, 6.07) is 6.82. The van der Waals surface area contributed by atoms with E-state index in [0.29, 0.717) is 12.2 Å². The van der Waals surface area contributed by atoms with Crippen LogP contribution in [0.3, 0.4) is 0 Å². The van der Waals surface area contributed by atoms with E-state index in [0.717, 1.165) is 5.56 Å². The van der Waals surface area contributed by atoms with Crippen LogP contribution in [0.2, 0.25) is 0 Å². The Balaban J connectivity index is 0.00000220. The van der Waals surface area contributed by atoms with Crippen LogP contribution in [-0.4, -0.2) is 40.4 Å². The Labute approximate surface area is 141 Å². The van der Waals surface area contributed by atoms with E-state index in [2.05, 4.69) is 15.4 Å². The van der Waals surface area contributed by atoms with Crippen molar-refractivity contribution >= 4 is 36.4 Å². The molecule has 1 heterocycles. The number of nitrogens with one attached hydrogen (secondary N) is 1. The fraction of sp³-hybridized carbons (Fsp3) is 0.308. The number of halogens is 2. The van der Waals surface area contributed by atoms with Crippen LogP contribution in [0.25, 0.3) is 0 Å². The van der Waals surface area contributed by atoms with Gasteiger partial charge in [0, 0.05) is 12.8 Å². The van der Waals surface area contributed by atoms with Crippen molar-refractivity contribution in [1.82, 2.24) is 14.8 Å². The molecule has 1 amide bonds. The van der Waals surface area contributed by atoms with Gasteiger partial charge in [0.2, 0.25) is 5.91 Å². The van der Waals surface area contributed by atoms with Crippen LogP contribution in [0.15, 0.2) is 36.9 Å². The SMILES string of the molecule is COCC(N)C(=O)Nc1cccc(Cn2cncn2)c1.Cl.Cl. The molecule has 9 heteroatoms. The van der Waals surface area contributed by atoms with Crippen LogP contribution >= 0.6 is 24.8 Å². The van der Waals surface area contributed by atoms with Crippen molar-refractivity contribution in [1.29, 1.82) is 0 Å². The van der Waals surface area contributed by atoms with Crippen molar-refractivity contribution in [2.45, 2.75) is 12.6 Å². The van der Waals surface area contributed by atoms with Crippen LogP contribution in [-0.2, 0) is 16.1 Å². The Kier molecular flexibility index (Phi) is 9.35. The number of benzene rings is 1. The average molecular weight is 348 g/mol. The standard InChI is InChI=1S/C13H17N5O2.2ClH/c1-20-7-12(14)13(19)17-11-4-2-3-10(5-11)6-18-9-15-8-16-18;;/h2-5,8-9,12H,6-7,14H2,1H3,(H,17,19);2*1H. The fourth-order valence-electron chi connectivity index (χ4n) is 1.74. The third-order valence-corrected chi connectivity index (χ3v) is 2.69. The molecule has 122 valence electrons. The first-order valence-corrected chi connectivity index (χ1v) is 6.16. The predicted molar refractivity (Wildman–Crippen MR) is 88.5 cm³/mol. The van der Waals surface area contributed by atoms with E-state index in [1.807, 2.05) is 24.3 Å². The van der Waals surface area contributed by atoms with Gasteiger partial charge in [-0.15, -0.1) is 24.8 Å². The van der Waals surface area contributed by atoms with Gasteiger partial charge < -0.3 is 15.8 Å². The first kappa shape index (κ1) is 20.3. The molecule has 0 saturated heterocycles. The molecule has 3 N–H and O–H groups in total. The number of hydrogen-bond donors (Lipinski definition) is 2. The van der Waals surface area contributed by atoms with Crippen LogP contribution in [0.1, 0.15) is 5.56 Å². The van der Waals surface area contributed by atoms with Crippen molar-refractivity contribution in [2.75, 3.05) is 19.0 Å². The van der Waals surface area contributed by atoms with Gasteiger partial charge >= 0.3 is 0 Å². The van der Waals surface area contributed by atoms with E-state index < -0.39 is 6.04 Å². The van der Waals surface area contributed by atoms with Crippen LogP contribution < -0.4 is 11.1 Å². The maximum Gasteiger partial charge on any atom is 0.243 e. The Morgan fingerprint density at radius 2 is 2.23 bits per heavy atom. The lowest BCUT2D eigenvalue weighted by molar-refractivity contribution is -0.118. The highest BCUT2D eigenvalue weighted by Crippen LogP contribution is 2.11. The van der Waals surface area contributed by atoms with E-state index in [4.69, 9.17) is 10.5 Å². The van der Waals surface area contributed by atoms with Crippen LogP contribution in [0, 0.1) is 0 Å². The zero-order valence-corrected chi connectivity index (χ0v) is 13.6. The lowest BCUT2D eigenvalue weighted by Gasteiger charge is -2.12. The Hall–Kier alpha value is -1.67. The quantitative estimate of drug-likeness (QED) is 0.815. The molecule has 7 nitrogen and oxygen atoms in total. The molecular weight excluding hydrogens is 329 g/mol. The Morgan fingerprint density at radius 1 is 1.45 bits per heavy atom. The van der Waals surface area contributed by atoms with Gasteiger partial charge in [-0.1, -0.05) is 12.1 Å². The second-order valence-electron chi connectivity index (χ2n) is 4.34. The Morgan fingerprint density at radius 3 is 2.86 bits per heavy atom. The van der Waals surface area contributed by atoms with E-state index in [-0.39, 0.29) is 37.3 Å². The van der Waals surface area contributed by atoms with Gasteiger partial charge in [0.15, 0.2) is 0 Å². The summed E-state index contributed by atoms with van der Waals surface area (Å²) in [4.78, 5) is 15.7. The predicted octanol–water partition coefficient (Wildman–Crippen LogP) is 1.08. The number of nitrogens with two attached hydrogens (primary N) is 1. The molecule has 1 aromatic carbocycles. The second kappa shape index (κ2) is 10.1. The highest BCUT2D eigenvalue weighted by Gasteiger charge is 2.13. The van der Waals surface area contributed by atoms with Crippen molar-refractivity contribution < 1.29 is 9.53 Å². The van der Waals surface area contributed by atoms with Crippen molar-refractivity contribution in [2.24, 2.45) is 5.73 Å². The maximum atomic E-state index is 11.8. The van der Waals surface area contributed by atoms with Crippen molar-refractivity contribution in [3.63, 3.8) is 0 Å². The van der Waals surface area contributed by atoms with Gasteiger partial charge in [0.25, 0.3) is 0 Å². The van der Waals surface area contributed by atoms with Crippen molar-refractivity contribution in [3.05, 3.63) is 42.5 Å². The van der Waals surface area contributed by atoms with Gasteiger partial charge in [0.05, 0.1) is 13.2 Å². The number of rotatable bonds is 6. The summed E-state index contributed by atoms with van der Waals surface area (Å²) in [5, 5.41) is 6.79. The minimum absolute atomic E-state index is 0. The van der Waals surface area contributed by atoms with E-state index in [9.17, 15) is 4.79 Å². The normalized spacial score (nSPS) is 11.0. The highest BCUT2D eigenvalue weighted by atomic mass is 35.5. The number of anilines is 1. The number of ether oxygens (including phenoxy) is 1. The number of hydrogen-bond acceptors (Lipinski definition) is 5. The molecule has 0 aliphatic carbocycles. The maximum absolute atomic E-state index is 11.8. The monoisotopic (exact) mass is 347 g/mol. The number of carbonyl (C=O) groups excluding carboxylic acids is 1. The van der Waals surface area contributed by atoms with E-state index >= 15 is 0 Å². The first-order valence-electron chi connectivity index (χ1n) is 6.16. The topological polar surface area (TPSA) is 95.1 Å². The molecule has 0 radical (unpaired) electrons. The van der Waals surface area contributed by atoms with Crippen LogP contribution in [0.5, 0.6) is 0 Å². The summed E-state index contributed by atoms with van der Waals surface area (Å²) in [6.45, 7) is 0.776. The molecule has 1 atom stereocenters. The van der Waals surface area contributed by atoms with Gasteiger partial charge in [0.1, 0.15) is 18.7 Å². The zero-order valence-electron chi connectivity index (χ0n) is 12.0. The summed E-state index contributed by atoms with van der Waals surface area (Å²) in [5.74, 6) is -0.273. The van der Waals surface area contributed by atoms with Crippen LogP contribution in [0.4, 0.5) is 5.69 Å². The molecule has 1 aromatic heterocycles. The molecule has 0 aliphatic heterocycles. The zero-order chi connectivity index (χ0) is 14.4. The molecule has 0 spiro atoms. The lowest BCUT2D eigenvalue weighted by atomic mass is 10.2. The molecule has 2 aromatic rings. The average Bonchev–Trinajstić information content (AvgIpc) is 2.92. The molecule has 0 fully saturated rings. The molecule has 22 heavy (non-hydrogen) atoms. The minimum Gasteiger partial charge on any atom is -0.383 e. The number of nitrogens with zero attached hydrogens (tertiary/aromatic N) is 3. The molecule has 0 bridgehead atoms. The molecule has 0 aliphatic rings. The van der Waals surface area contributed by atoms with Gasteiger partial charge in [-0.25, -0.2) is 9.67 Å². The molecule has 2 rings (SSSR count). The fourth-order valence-corrected chi connectivity index (χ4v) is 1.74. The third-order valence-electron chi connectivity index (χ3n) is 2.69. The summed E-state index contributed by atoms with van der Waals surface area (Å²) >= 11 is 0. The van der Waals surface area contributed by atoms with E-state index in [1.54, 1.807) is 11.0 Å². The number of carbonyl (C=O) groups is 1. The largest absolute Gasteiger partial charge is 0.383 e. The smallest absolute Gasteiger partial charge is 0.243 e. The summed E-state index contributed by atoms with van der Waals surface area (Å²) in [7, 11) is 1.51. The molecular formula is C13H19Cl2N5O2. The number of amides is 1. The van der Waals surface area contributed by atoms with Crippen molar-refractivity contribution in [3.8, 4) is 0 Å². The van der Waals surface area contributed by atoms with E-state index in [1.165, 1.54) is 13.4 Å². The van der Waals surface area contributed by atoms with Gasteiger partial charge in [-0.3, -0.25) is 4.79 Å². The molecule has 0 saturated carbocycles. The summed E-state index contributed by atoms with van der Waals surface area (Å²) < 4.78 is 6.56. The molecule has 1 unspecified atom stereocenters. The second-order valence-corrected chi connectivity index (χ2v) is 4.34. The lowest BCUT2D eigenvalue weighted by Crippen LogP contribution is -2.39. The summed E-state index contributed by atoms with van der Waals surface area (Å²) in [6.07, 6.45) is 3.12. The Bertz CT molecular complexity index is 565. The highest BCUT2D eigenvalue weighted by molar-refractivity contribution is 5.94. The first-order chi connectivity index (χ1) is 9.69. The number of aromatic nitrogens is 3. The van der Waals surface area contributed by atoms with Gasteiger partial charge in [-0.05, 0) is 17.7 Å². The summed E-state index contributed by atoms with van der Waals surface area (Å²) in [5.41, 5.74) is 7.37.